The standard InChI is InChI=1S/C32H26N4O2/c1-19-28(23-12-3-6-14-26(23)34-19)30-29(31(37)35-32(30)38)24-18-36(27-15-7-4-11-22(24)27)16-8-9-20-17-33-25-13-5-2-10-21(20)25/h2-7,10-15,17-18,33-34H,8-9,16H2,1H3,(H,35,37,38). The molecule has 0 aliphatic carbocycles. The van der Waals surface area contributed by atoms with E-state index in [4.69, 9.17) is 0 Å². The zero-order chi connectivity index (χ0) is 25.8. The highest BCUT2D eigenvalue weighted by molar-refractivity contribution is 6.51. The summed E-state index contributed by atoms with van der Waals surface area (Å²) in [7, 11) is 0. The highest BCUT2D eigenvalue weighted by atomic mass is 16.2. The lowest BCUT2D eigenvalue weighted by atomic mass is 9.94. The van der Waals surface area contributed by atoms with E-state index in [0.717, 1.165) is 63.5 Å². The van der Waals surface area contributed by atoms with Gasteiger partial charge in [-0.3, -0.25) is 14.9 Å². The Bertz CT molecular complexity index is 1930. The van der Waals surface area contributed by atoms with Gasteiger partial charge in [-0.2, -0.15) is 0 Å². The van der Waals surface area contributed by atoms with E-state index >= 15 is 0 Å². The van der Waals surface area contributed by atoms with Crippen LogP contribution in [-0.2, 0) is 22.6 Å². The highest BCUT2D eigenvalue weighted by Gasteiger charge is 2.35. The van der Waals surface area contributed by atoms with E-state index in [0.29, 0.717) is 11.1 Å². The Morgan fingerprint density at radius 3 is 2.29 bits per heavy atom. The van der Waals surface area contributed by atoms with Gasteiger partial charge in [0.25, 0.3) is 11.8 Å². The Balaban J connectivity index is 1.31. The van der Waals surface area contributed by atoms with Gasteiger partial charge >= 0.3 is 0 Å². The van der Waals surface area contributed by atoms with Crippen LogP contribution < -0.4 is 5.32 Å². The van der Waals surface area contributed by atoms with Gasteiger partial charge in [-0.1, -0.05) is 54.6 Å². The summed E-state index contributed by atoms with van der Waals surface area (Å²) >= 11 is 0. The summed E-state index contributed by atoms with van der Waals surface area (Å²) in [6.45, 7) is 2.74. The van der Waals surface area contributed by atoms with Gasteiger partial charge in [0.05, 0.1) is 11.1 Å². The number of aromatic nitrogens is 3. The zero-order valence-electron chi connectivity index (χ0n) is 21.0. The summed E-state index contributed by atoms with van der Waals surface area (Å²) < 4.78 is 2.21. The molecule has 3 N–H and O–H groups in total. The first kappa shape index (κ1) is 22.4. The number of nitrogens with zero attached hydrogens (tertiary/aromatic N) is 1. The molecule has 6 heteroatoms. The van der Waals surface area contributed by atoms with E-state index in [-0.39, 0.29) is 11.8 Å². The first-order chi connectivity index (χ1) is 18.6. The van der Waals surface area contributed by atoms with E-state index < -0.39 is 0 Å². The molecule has 4 heterocycles. The number of aromatic amines is 2. The summed E-state index contributed by atoms with van der Waals surface area (Å²) in [5.41, 5.74) is 7.77. The Morgan fingerprint density at radius 1 is 0.763 bits per heavy atom. The first-order valence-corrected chi connectivity index (χ1v) is 12.9. The van der Waals surface area contributed by atoms with Crippen molar-refractivity contribution in [2.45, 2.75) is 26.3 Å². The molecular weight excluding hydrogens is 472 g/mol. The van der Waals surface area contributed by atoms with Crippen LogP contribution in [0.15, 0.2) is 85.2 Å². The molecule has 6 aromatic rings. The number of rotatable bonds is 6. The molecule has 0 saturated carbocycles. The first-order valence-electron chi connectivity index (χ1n) is 12.9. The number of hydrogen-bond donors (Lipinski definition) is 3. The van der Waals surface area contributed by atoms with Crippen LogP contribution in [0.25, 0.3) is 43.9 Å². The molecule has 0 radical (unpaired) electrons. The molecule has 0 bridgehead atoms. The van der Waals surface area contributed by atoms with Crippen molar-refractivity contribution in [3.8, 4) is 0 Å². The van der Waals surface area contributed by atoms with E-state index in [1.165, 1.54) is 10.9 Å². The maximum absolute atomic E-state index is 13.3. The molecule has 7 rings (SSSR count). The SMILES string of the molecule is Cc1[nH]c2ccccc2c1C1=C(c2cn(CCCc3c[nH]c4ccccc34)c3ccccc23)C(=O)NC1=O. The van der Waals surface area contributed by atoms with Crippen molar-refractivity contribution in [2.75, 3.05) is 0 Å². The molecule has 6 nitrogen and oxygen atoms in total. The van der Waals surface area contributed by atoms with Gasteiger partial charge in [-0.25, -0.2) is 0 Å². The number of aryl methyl sites for hydroxylation is 3. The number of carbonyl (C=O) groups is 2. The van der Waals surface area contributed by atoms with Crippen LogP contribution in [-0.4, -0.2) is 26.3 Å². The van der Waals surface area contributed by atoms with E-state index in [9.17, 15) is 9.59 Å². The molecule has 186 valence electrons. The van der Waals surface area contributed by atoms with Gasteiger partial charge in [0.2, 0.25) is 0 Å². The summed E-state index contributed by atoms with van der Waals surface area (Å²) in [4.78, 5) is 33.2. The molecule has 3 aromatic heterocycles. The average molecular weight is 499 g/mol. The van der Waals surface area contributed by atoms with Gasteiger partial charge in [0.1, 0.15) is 0 Å². The van der Waals surface area contributed by atoms with Crippen molar-refractivity contribution in [2.24, 2.45) is 0 Å². The van der Waals surface area contributed by atoms with Crippen LogP contribution in [0.4, 0.5) is 0 Å². The average Bonchev–Trinajstić information content (AvgIpc) is 3.66. The second-order valence-corrected chi connectivity index (χ2v) is 9.92. The molecular formula is C32H26N4O2. The highest BCUT2D eigenvalue weighted by Crippen LogP contribution is 2.39. The van der Waals surface area contributed by atoms with Crippen molar-refractivity contribution in [1.82, 2.24) is 19.9 Å². The lowest BCUT2D eigenvalue weighted by molar-refractivity contribution is -0.122. The number of fused-ring (bicyclic) bond motifs is 3. The minimum absolute atomic E-state index is 0.351. The molecule has 2 amide bonds. The third-order valence-corrected chi connectivity index (χ3v) is 7.65. The zero-order valence-corrected chi connectivity index (χ0v) is 21.0. The van der Waals surface area contributed by atoms with Crippen LogP contribution in [0, 0.1) is 6.92 Å². The molecule has 0 unspecified atom stereocenters. The van der Waals surface area contributed by atoms with Crippen LogP contribution in [0.2, 0.25) is 0 Å². The van der Waals surface area contributed by atoms with Crippen molar-refractivity contribution in [3.63, 3.8) is 0 Å². The molecule has 1 aliphatic rings. The summed E-state index contributed by atoms with van der Waals surface area (Å²) in [5.74, 6) is -0.703. The minimum Gasteiger partial charge on any atom is -0.361 e. The Labute approximate surface area is 219 Å². The number of imide groups is 1. The number of carbonyl (C=O) groups excluding carboxylic acids is 2. The maximum Gasteiger partial charge on any atom is 0.259 e. The summed E-state index contributed by atoms with van der Waals surface area (Å²) in [6, 6.07) is 24.4. The van der Waals surface area contributed by atoms with Crippen LogP contribution in [0.3, 0.4) is 0 Å². The number of hydrogen-bond acceptors (Lipinski definition) is 2. The Kier molecular flexibility index (Phi) is 5.08. The van der Waals surface area contributed by atoms with Crippen LogP contribution in [0.1, 0.15) is 28.8 Å². The molecule has 0 atom stereocenters. The van der Waals surface area contributed by atoms with Crippen LogP contribution in [0.5, 0.6) is 0 Å². The fraction of sp³-hybridized carbons (Fsp3) is 0.125. The molecule has 38 heavy (non-hydrogen) atoms. The number of H-pyrrole nitrogens is 2. The van der Waals surface area contributed by atoms with Crippen molar-refractivity contribution in [3.05, 3.63) is 108 Å². The third kappa shape index (κ3) is 3.41. The second kappa shape index (κ2) is 8.63. The van der Waals surface area contributed by atoms with Crippen molar-refractivity contribution >= 4 is 55.7 Å². The number of benzene rings is 3. The Hall–Kier alpha value is -4.84. The predicted octanol–water partition coefficient (Wildman–Crippen LogP) is 6.11. The topological polar surface area (TPSA) is 82.7 Å². The second-order valence-electron chi connectivity index (χ2n) is 9.92. The molecule has 3 aromatic carbocycles. The van der Waals surface area contributed by atoms with Gasteiger partial charge in [-0.15, -0.1) is 0 Å². The smallest absolute Gasteiger partial charge is 0.259 e. The Morgan fingerprint density at radius 2 is 1.45 bits per heavy atom. The van der Waals surface area contributed by atoms with E-state index in [1.807, 2.05) is 61.7 Å². The lowest BCUT2D eigenvalue weighted by Gasteiger charge is -2.05. The van der Waals surface area contributed by atoms with E-state index in [2.05, 4.69) is 50.3 Å². The van der Waals surface area contributed by atoms with Gasteiger partial charge < -0.3 is 14.5 Å². The summed E-state index contributed by atoms with van der Waals surface area (Å²) in [5, 5.41) is 5.73. The van der Waals surface area contributed by atoms with Gasteiger partial charge in [0.15, 0.2) is 0 Å². The summed E-state index contributed by atoms with van der Waals surface area (Å²) in [6.07, 6.45) is 6.02. The minimum atomic E-state index is -0.353. The third-order valence-electron chi connectivity index (χ3n) is 7.65. The van der Waals surface area contributed by atoms with Crippen molar-refractivity contribution in [1.29, 1.82) is 0 Å². The fourth-order valence-electron chi connectivity index (χ4n) is 5.96. The van der Waals surface area contributed by atoms with Crippen LogP contribution >= 0.6 is 0 Å². The predicted molar refractivity (Wildman–Crippen MR) is 152 cm³/mol. The normalized spacial score (nSPS) is 13.9. The maximum atomic E-state index is 13.3. The number of nitrogens with one attached hydrogen (secondary N) is 3. The molecule has 0 spiro atoms. The molecule has 1 aliphatic heterocycles. The number of amides is 2. The lowest BCUT2D eigenvalue weighted by Crippen LogP contribution is -2.22. The molecule has 0 saturated heterocycles. The van der Waals surface area contributed by atoms with Gasteiger partial charge in [0, 0.05) is 68.5 Å². The van der Waals surface area contributed by atoms with E-state index in [1.54, 1.807) is 0 Å². The monoisotopic (exact) mass is 498 g/mol. The molecule has 0 fully saturated rings. The van der Waals surface area contributed by atoms with Gasteiger partial charge in [-0.05, 0) is 43.5 Å². The largest absolute Gasteiger partial charge is 0.361 e. The number of para-hydroxylation sites is 3. The van der Waals surface area contributed by atoms with Crippen molar-refractivity contribution < 1.29 is 9.59 Å². The quantitative estimate of drug-likeness (QED) is 0.242. The fourth-order valence-corrected chi connectivity index (χ4v) is 5.96.